The van der Waals surface area contributed by atoms with Gasteiger partial charge in [0.1, 0.15) is 0 Å². The van der Waals surface area contributed by atoms with Gasteiger partial charge in [-0.1, -0.05) is 0 Å². The van der Waals surface area contributed by atoms with E-state index in [0.29, 0.717) is 44.0 Å². The maximum Gasteiger partial charge on any atom is 0.243 e. The Morgan fingerprint density at radius 3 is 2.41 bits per heavy atom. The molecule has 0 saturated carbocycles. The number of rotatable bonds is 8. The Kier molecular flexibility index (Phi) is 7.37. The molecule has 0 radical (unpaired) electrons. The summed E-state index contributed by atoms with van der Waals surface area (Å²) in [6.07, 6.45) is 3.62. The Morgan fingerprint density at radius 2 is 1.79 bits per heavy atom. The van der Waals surface area contributed by atoms with E-state index in [0.717, 1.165) is 6.54 Å². The zero-order valence-electron chi connectivity index (χ0n) is 17.3. The van der Waals surface area contributed by atoms with Crippen LogP contribution in [0.5, 0.6) is 11.5 Å². The van der Waals surface area contributed by atoms with Gasteiger partial charge in [-0.15, -0.1) is 0 Å². The molecule has 0 atom stereocenters. The maximum absolute atomic E-state index is 13.0. The van der Waals surface area contributed by atoms with E-state index < -0.39 is 10.0 Å². The lowest BCUT2D eigenvalue weighted by Crippen LogP contribution is -3.10. The molecule has 29 heavy (non-hydrogen) atoms. The highest BCUT2D eigenvalue weighted by atomic mass is 32.2. The van der Waals surface area contributed by atoms with Crippen molar-refractivity contribution in [3.63, 3.8) is 0 Å². The second-order valence-electron chi connectivity index (χ2n) is 7.69. The fraction of sp³-hybridized carbons (Fsp3) is 0.650. The molecule has 2 aliphatic rings. The van der Waals surface area contributed by atoms with Crippen LogP contribution in [0.25, 0.3) is 0 Å². The number of carbonyl (C=O) groups excluding carboxylic acids is 1. The molecule has 0 aromatic heterocycles. The fourth-order valence-corrected chi connectivity index (χ4v) is 5.60. The van der Waals surface area contributed by atoms with Crippen molar-refractivity contribution in [3.05, 3.63) is 18.2 Å². The summed E-state index contributed by atoms with van der Waals surface area (Å²) >= 11 is 0. The van der Waals surface area contributed by atoms with E-state index in [1.54, 1.807) is 11.0 Å². The molecule has 162 valence electrons. The molecule has 9 heteroatoms. The molecule has 0 spiro atoms. The Balaban J connectivity index is 1.53. The van der Waals surface area contributed by atoms with E-state index >= 15 is 0 Å². The van der Waals surface area contributed by atoms with Gasteiger partial charge in [-0.25, -0.2) is 8.42 Å². The predicted octanol–water partition coefficient (Wildman–Crippen LogP) is -0.101. The number of benzene rings is 1. The van der Waals surface area contributed by atoms with Crippen molar-refractivity contribution in [2.45, 2.75) is 30.6 Å². The van der Waals surface area contributed by atoms with Crippen molar-refractivity contribution in [2.75, 3.05) is 53.5 Å². The van der Waals surface area contributed by atoms with Gasteiger partial charge >= 0.3 is 0 Å². The summed E-state index contributed by atoms with van der Waals surface area (Å²) < 4.78 is 37.8. The average molecular weight is 427 g/mol. The standard InChI is InChI=1S/C20H31N3O5S/c1-27-18-6-5-17(15-19(18)28-2)29(25,26)23-12-7-16(8-13-23)20(24)21-9-14-22-10-3-4-11-22/h5-6,15-16H,3-4,7-14H2,1-2H3,(H,21,24)/p+1. The van der Waals surface area contributed by atoms with Crippen molar-refractivity contribution in [2.24, 2.45) is 5.92 Å². The van der Waals surface area contributed by atoms with E-state index in [2.05, 4.69) is 5.32 Å². The lowest BCUT2D eigenvalue weighted by molar-refractivity contribution is -0.886. The molecular weight excluding hydrogens is 394 g/mol. The quantitative estimate of drug-likeness (QED) is 0.606. The van der Waals surface area contributed by atoms with Crippen LogP contribution in [-0.2, 0) is 14.8 Å². The predicted molar refractivity (Wildman–Crippen MR) is 109 cm³/mol. The van der Waals surface area contributed by atoms with Gasteiger partial charge in [-0.05, 0) is 25.0 Å². The van der Waals surface area contributed by atoms with Crippen LogP contribution < -0.4 is 19.7 Å². The van der Waals surface area contributed by atoms with Crippen molar-refractivity contribution >= 4 is 15.9 Å². The van der Waals surface area contributed by atoms with Gasteiger partial charge in [0.25, 0.3) is 0 Å². The maximum atomic E-state index is 13.0. The third kappa shape index (κ3) is 5.21. The number of amides is 1. The first kappa shape index (κ1) is 21.9. The van der Waals surface area contributed by atoms with Crippen LogP contribution in [0.2, 0.25) is 0 Å². The Morgan fingerprint density at radius 1 is 1.14 bits per heavy atom. The zero-order chi connectivity index (χ0) is 20.9. The minimum atomic E-state index is -3.63. The molecule has 8 nitrogen and oxygen atoms in total. The molecule has 1 aromatic carbocycles. The molecule has 3 rings (SSSR count). The first-order chi connectivity index (χ1) is 14.0. The van der Waals surface area contributed by atoms with E-state index in [1.165, 1.54) is 56.6 Å². The summed E-state index contributed by atoms with van der Waals surface area (Å²) in [6, 6.07) is 4.60. The number of hydrogen-bond donors (Lipinski definition) is 2. The minimum Gasteiger partial charge on any atom is -0.493 e. The Hall–Kier alpha value is -1.84. The molecule has 2 fully saturated rings. The largest absolute Gasteiger partial charge is 0.493 e. The van der Waals surface area contributed by atoms with Crippen molar-refractivity contribution < 1.29 is 27.6 Å². The number of likely N-dealkylation sites (tertiary alicyclic amines) is 1. The number of sulfonamides is 1. The number of nitrogens with zero attached hydrogens (tertiary/aromatic N) is 1. The van der Waals surface area contributed by atoms with E-state index in [-0.39, 0.29) is 16.7 Å². The van der Waals surface area contributed by atoms with E-state index in [9.17, 15) is 13.2 Å². The molecule has 1 amide bonds. The summed E-state index contributed by atoms with van der Waals surface area (Å²) in [5, 5.41) is 3.03. The smallest absolute Gasteiger partial charge is 0.243 e. The highest BCUT2D eigenvalue weighted by Gasteiger charge is 2.32. The highest BCUT2D eigenvalue weighted by molar-refractivity contribution is 7.89. The van der Waals surface area contributed by atoms with Gasteiger partial charge in [0, 0.05) is 37.9 Å². The molecule has 0 aliphatic carbocycles. The number of methoxy groups -OCH3 is 2. The van der Waals surface area contributed by atoms with Gasteiger partial charge in [0.15, 0.2) is 11.5 Å². The lowest BCUT2D eigenvalue weighted by atomic mass is 9.97. The molecule has 1 aromatic rings. The van der Waals surface area contributed by atoms with E-state index in [1.807, 2.05) is 0 Å². The van der Waals surface area contributed by atoms with Crippen molar-refractivity contribution in [1.82, 2.24) is 9.62 Å². The summed E-state index contributed by atoms with van der Waals surface area (Å²) in [5.74, 6) is 0.785. The van der Waals surface area contributed by atoms with Crippen LogP contribution in [0.15, 0.2) is 23.1 Å². The average Bonchev–Trinajstić information content (AvgIpc) is 3.26. The molecule has 2 heterocycles. The molecule has 2 aliphatic heterocycles. The first-order valence-electron chi connectivity index (χ1n) is 10.3. The molecule has 2 saturated heterocycles. The monoisotopic (exact) mass is 426 g/mol. The SMILES string of the molecule is COc1ccc(S(=O)(=O)N2CCC(C(=O)NCC[NH+]3CCCC3)CC2)cc1OC. The topological polar surface area (TPSA) is 89.4 Å². The van der Waals surface area contributed by atoms with Gasteiger partial charge in [-0.3, -0.25) is 4.79 Å². The first-order valence-corrected chi connectivity index (χ1v) is 11.7. The van der Waals surface area contributed by atoms with Crippen molar-refractivity contribution in [3.8, 4) is 11.5 Å². The lowest BCUT2D eigenvalue weighted by Gasteiger charge is -2.30. The zero-order valence-corrected chi connectivity index (χ0v) is 18.1. The highest BCUT2D eigenvalue weighted by Crippen LogP contribution is 2.31. The molecule has 0 unspecified atom stereocenters. The number of piperidine rings is 1. The van der Waals surface area contributed by atoms with Crippen LogP contribution >= 0.6 is 0 Å². The molecular formula is C20H32N3O5S+. The van der Waals surface area contributed by atoms with Gasteiger partial charge in [-0.2, -0.15) is 4.31 Å². The Labute approximate surface area is 173 Å². The number of nitrogens with one attached hydrogen (secondary N) is 2. The minimum absolute atomic E-state index is 0.0479. The Bertz CT molecular complexity index is 800. The summed E-state index contributed by atoms with van der Waals surface area (Å²) in [5.41, 5.74) is 0. The van der Waals surface area contributed by atoms with Crippen LogP contribution in [0.1, 0.15) is 25.7 Å². The fourth-order valence-electron chi connectivity index (χ4n) is 4.12. The number of quaternary nitrogens is 1. The van der Waals surface area contributed by atoms with Gasteiger partial charge in [0.2, 0.25) is 15.9 Å². The van der Waals surface area contributed by atoms with Crippen LogP contribution in [-0.4, -0.2) is 72.1 Å². The van der Waals surface area contributed by atoms with Crippen LogP contribution in [0.3, 0.4) is 0 Å². The molecule has 0 bridgehead atoms. The summed E-state index contributed by atoms with van der Waals surface area (Å²) in [7, 11) is -0.650. The van der Waals surface area contributed by atoms with Crippen LogP contribution in [0, 0.1) is 5.92 Å². The van der Waals surface area contributed by atoms with E-state index in [4.69, 9.17) is 9.47 Å². The number of ether oxygens (including phenoxy) is 2. The summed E-state index contributed by atoms with van der Waals surface area (Å²) in [6.45, 7) is 4.74. The normalized spacial score (nSPS) is 19.2. The third-order valence-electron chi connectivity index (χ3n) is 5.91. The van der Waals surface area contributed by atoms with Gasteiger partial charge in [0.05, 0.1) is 45.3 Å². The summed E-state index contributed by atoms with van der Waals surface area (Å²) in [4.78, 5) is 14.2. The third-order valence-corrected chi connectivity index (χ3v) is 7.80. The second kappa shape index (κ2) is 9.77. The number of hydrogen-bond acceptors (Lipinski definition) is 5. The van der Waals surface area contributed by atoms with Gasteiger partial charge < -0.3 is 19.7 Å². The second-order valence-corrected chi connectivity index (χ2v) is 9.63. The molecule has 2 N–H and O–H groups in total. The number of carbonyl (C=O) groups is 1. The van der Waals surface area contributed by atoms with Crippen LogP contribution in [0.4, 0.5) is 0 Å². The van der Waals surface area contributed by atoms with Crippen molar-refractivity contribution in [1.29, 1.82) is 0 Å².